The van der Waals surface area contributed by atoms with Gasteiger partial charge in [-0.15, -0.1) is 0 Å². The molecular formula is C16H14BrClN2O2. The van der Waals surface area contributed by atoms with E-state index < -0.39 is 0 Å². The average molecular weight is 382 g/mol. The van der Waals surface area contributed by atoms with Crippen LogP contribution in [-0.4, -0.2) is 25.3 Å². The zero-order valence-corrected chi connectivity index (χ0v) is 14.2. The standard InChI is InChI=1S/C16H14BrClN2O2/c1-20(15(21)9-19)14-7-6-10(17)8-12(14)16(22)11-4-2-3-5-13(11)18/h2-8H,9,19H2,1H3. The average Bonchev–Trinajstić information content (AvgIpc) is 2.53. The highest BCUT2D eigenvalue weighted by Gasteiger charge is 2.20. The third kappa shape index (κ3) is 3.38. The fraction of sp³-hybridized carbons (Fsp3) is 0.125. The number of ketones is 1. The van der Waals surface area contributed by atoms with E-state index in [0.29, 0.717) is 21.8 Å². The van der Waals surface area contributed by atoms with Gasteiger partial charge in [-0.2, -0.15) is 0 Å². The molecule has 114 valence electrons. The van der Waals surface area contributed by atoms with E-state index in [1.807, 2.05) is 0 Å². The van der Waals surface area contributed by atoms with Gasteiger partial charge in [0.2, 0.25) is 5.91 Å². The predicted molar refractivity (Wildman–Crippen MR) is 91.5 cm³/mol. The van der Waals surface area contributed by atoms with Gasteiger partial charge in [-0.3, -0.25) is 9.59 Å². The lowest BCUT2D eigenvalue weighted by molar-refractivity contribution is -0.117. The molecule has 0 fully saturated rings. The summed E-state index contributed by atoms with van der Waals surface area (Å²) in [6.45, 7) is -0.133. The molecule has 2 aromatic rings. The summed E-state index contributed by atoms with van der Waals surface area (Å²) < 4.78 is 0.736. The van der Waals surface area contributed by atoms with Crippen LogP contribution in [0.3, 0.4) is 0 Å². The minimum absolute atomic E-state index is 0.133. The molecule has 0 bridgehead atoms. The van der Waals surface area contributed by atoms with Crippen molar-refractivity contribution >= 4 is 44.9 Å². The number of hydrogen-bond donors (Lipinski definition) is 1. The van der Waals surface area contributed by atoms with E-state index in [1.165, 1.54) is 4.90 Å². The number of carbonyl (C=O) groups is 2. The van der Waals surface area contributed by atoms with E-state index >= 15 is 0 Å². The number of carbonyl (C=O) groups excluding carboxylic acids is 2. The first-order valence-corrected chi connectivity index (χ1v) is 7.68. The Bertz CT molecular complexity index is 734. The fourth-order valence-electron chi connectivity index (χ4n) is 2.04. The van der Waals surface area contributed by atoms with Gasteiger partial charge in [0.05, 0.1) is 17.3 Å². The van der Waals surface area contributed by atoms with Gasteiger partial charge in [0.1, 0.15) is 0 Å². The Balaban J connectivity index is 2.55. The summed E-state index contributed by atoms with van der Waals surface area (Å²) in [4.78, 5) is 26.0. The van der Waals surface area contributed by atoms with Crippen molar-refractivity contribution in [2.75, 3.05) is 18.5 Å². The summed E-state index contributed by atoms with van der Waals surface area (Å²) in [5.74, 6) is -0.533. The van der Waals surface area contributed by atoms with Crippen LogP contribution in [0.1, 0.15) is 15.9 Å². The van der Waals surface area contributed by atoms with Gasteiger partial charge in [-0.1, -0.05) is 39.7 Å². The topological polar surface area (TPSA) is 63.4 Å². The maximum absolute atomic E-state index is 12.8. The molecule has 0 aliphatic rings. The zero-order valence-electron chi connectivity index (χ0n) is 11.8. The molecule has 0 saturated carbocycles. The van der Waals surface area contributed by atoms with Crippen LogP contribution in [-0.2, 0) is 4.79 Å². The first-order valence-electron chi connectivity index (χ1n) is 6.51. The number of halogens is 2. The van der Waals surface area contributed by atoms with Crippen LogP contribution in [0.2, 0.25) is 5.02 Å². The van der Waals surface area contributed by atoms with Crippen LogP contribution in [0.25, 0.3) is 0 Å². The molecule has 0 aromatic heterocycles. The van der Waals surface area contributed by atoms with E-state index in [0.717, 1.165) is 4.47 Å². The summed E-state index contributed by atoms with van der Waals surface area (Å²) in [6, 6.07) is 11.9. The molecule has 0 unspecified atom stereocenters. The van der Waals surface area contributed by atoms with Crippen LogP contribution in [0, 0.1) is 0 Å². The van der Waals surface area contributed by atoms with Gasteiger partial charge in [-0.25, -0.2) is 0 Å². The van der Waals surface area contributed by atoms with E-state index in [1.54, 1.807) is 49.5 Å². The lowest BCUT2D eigenvalue weighted by atomic mass is 10.0. The van der Waals surface area contributed by atoms with Crippen LogP contribution < -0.4 is 10.6 Å². The van der Waals surface area contributed by atoms with E-state index in [9.17, 15) is 9.59 Å². The molecule has 0 spiro atoms. The smallest absolute Gasteiger partial charge is 0.240 e. The summed E-state index contributed by atoms with van der Waals surface area (Å²) in [6.07, 6.45) is 0. The van der Waals surface area contributed by atoms with Crippen LogP contribution in [0.5, 0.6) is 0 Å². The number of benzene rings is 2. The third-order valence-electron chi connectivity index (χ3n) is 3.23. The van der Waals surface area contributed by atoms with Crippen molar-refractivity contribution in [2.24, 2.45) is 5.73 Å². The molecule has 0 atom stereocenters. The Morgan fingerprint density at radius 3 is 2.50 bits per heavy atom. The quantitative estimate of drug-likeness (QED) is 0.827. The lowest BCUT2D eigenvalue weighted by Gasteiger charge is -2.20. The molecule has 2 N–H and O–H groups in total. The number of likely N-dealkylation sites (N-methyl/N-ethyl adjacent to an activating group) is 1. The number of amides is 1. The number of hydrogen-bond acceptors (Lipinski definition) is 3. The number of nitrogens with two attached hydrogens (primary N) is 1. The summed E-state index contributed by atoms with van der Waals surface area (Å²) in [5.41, 5.74) is 6.65. The molecule has 1 amide bonds. The third-order valence-corrected chi connectivity index (χ3v) is 4.05. The Labute approximate surface area is 142 Å². The second kappa shape index (κ2) is 7.05. The normalized spacial score (nSPS) is 10.4. The minimum atomic E-state index is -0.282. The summed E-state index contributed by atoms with van der Waals surface area (Å²) >= 11 is 9.44. The highest BCUT2D eigenvalue weighted by Crippen LogP contribution is 2.28. The molecule has 6 heteroatoms. The van der Waals surface area contributed by atoms with Crippen molar-refractivity contribution in [1.82, 2.24) is 0 Å². The second-order valence-electron chi connectivity index (χ2n) is 4.63. The van der Waals surface area contributed by atoms with Crippen molar-refractivity contribution in [3.05, 3.63) is 63.1 Å². The van der Waals surface area contributed by atoms with Crippen molar-refractivity contribution in [3.8, 4) is 0 Å². The monoisotopic (exact) mass is 380 g/mol. The molecule has 0 heterocycles. The van der Waals surface area contributed by atoms with Crippen LogP contribution in [0.15, 0.2) is 46.9 Å². The number of anilines is 1. The fourth-order valence-corrected chi connectivity index (χ4v) is 2.63. The zero-order chi connectivity index (χ0) is 16.3. The molecule has 0 radical (unpaired) electrons. The number of nitrogens with zero attached hydrogens (tertiary/aromatic N) is 1. The molecule has 0 aliphatic heterocycles. The molecular weight excluding hydrogens is 368 g/mol. The second-order valence-corrected chi connectivity index (χ2v) is 5.95. The Morgan fingerprint density at radius 2 is 1.86 bits per heavy atom. The molecule has 2 aromatic carbocycles. The molecule has 22 heavy (non-hydrogen) atoms. The number of rotatable bonds is 4. The molecule has 0 saturated heterocycles. The van der Waals surface area contributed by atoms with E-state index in [4.69, 9.17) is 17.3 Å². The summed E-state index contributed by atoms with van der Waals surface area (Å²) in [7, 11) is 1.59. The maximum atomic E-state index is 12.8. The van der Waals surface area contributed by atoms with Gasteiger partial charge < -0.3 is 10.6 Å². The van der Waals surface area contributed by atoms with E-state index in [2.05, 4.69) is 15.9 Å². The summed E-state index contributed by atoms with van der Waals surface area (Å²) in [5, 5.41) is 0.367. The largest absolute Gasteiger partial charge is 0.322 e. The van der Waals surface area contributed by atoms with Crippen molar-refractivity contribution in [2.45, 2.75) is 0 Å². The Kier molecular flexibility index (Phi) is 5.34. The Morgan fingerprint density at radius 1 is 1.18 bits per heavy atom. The highest BCUT2D eigenvalue weighted by atomic mass is 79.9. The minimum Gasteiger partial charge on any atom is -0.322 e. The first kappa shape index (κ1) is 16.7. The predicted octanol–water partition coefficient (Wildman–Crippen LogP) is 3.26. The first-order chi connectivity index (χ1) is 10.5. The van der Waals surface area contributed by atoms with Crippen LogP contribution >= 0.6 is 27.5 Å². The molecule has 2 rings (SSSR count). The maximum Gasteiger partial charge on any atom is 0.240 e. The highest BCUT2D eigenvalue weighted by molar-refractivity contribution is 9.10. The van der Waals surface area contributed by atoms with Gasteiger partial charge >= 0.3 is 0 Å². The SMILES string of the molecule is CN(C(=O)CN)c1ccc(Br)cc1C(=O)c1ccccc1Cl. The van der Waals surface area contributed by atoms with Gasteiger partial charge in [0.25, 0.3) is 0 Å². The van der Waals surface area contributed by atoms with E-state index in [-0.39, 0.29) is 18.2 Å². The molecule has 4 nitrogen and oxygen atoms in total. The van der Waals surface area contributed by atoms with Crippen molar-refractivity contribution in [3.63, 3.8) is 0 Å². The van der Waals surface area contributed by atoms with Gasteiger partial charge in [0.15, 0.2) is 5.78 Å². The Hall–Kier alpha value is -1.69. The van der Waals surface area contributed by atoms with Gasteiger partial charge in [0, 0.05) is 22.6 Å². The molecule has 0 aliphatic carbocycles. The van der Waals surface area contributed by atoms with Crippen molar-refractivity contribution in [1.29, 1.82) is 0 Å². The van der Waals surface area contributed by atoms with Crippen molar-refractivity contribution < 1.29 is 9.59 Å². The van der Waals surface area contributed by atoms with Crippen LogP contribution in [0.4, 0.5) is 5.69 Å². The lowest BCUT2D eigenvalue weighted by Crippen LogP contribution is -2.33. The van der Waals surface area contributed by atoms with Gasteiger partial charge in [-0.05, 0) is 30.3 Å².